The van der Waals surface area contributed by atoms with Gasteiger partial charge in [0.05, 0.1) is 13.2 Å². The summed E-state index contributed by atoms with van der Waals surface area (Å²) in [4.78, 5) is 0. The van der Waals surface area contributed by atoms with Gasteiger partial charge in [0.2, 0.25) is 0 Å². The molecule has 0 bridgehead atoms. The van der Waals surface area contributed by atoms with E-state index in [0.717, 1.165) is 18.8 Å². The number of benzene rings is 1. The van der Waals surface area contributed by atoms with E-state index in [9.17, 15) is 0 Å². The maximum atomic E-state index is 5.67. The van der Waals surface area contributed by atoms with Gasteiger partial charge in [0.1, 0.15) is 5.75 Å². The van der Waals surface area contributed by atoms with Crippen molar-refractivity contribution in [3.05, 3.63) is 29.8 Å². The van der Waals surface area contributed by atoms with Crippen molar-refractivity contribution in [3.8, 4) is 5.75 Å². The van der Waals surface area contributed by atoms with E-state index in [4.69, 9.17) is 9.47 Å². The highest BCUT2D eigenvalue weighted by Crippen LogP contribution is 2.29. The van der Waals surface area contributed by atoms with Gasteiger partial charge in [-0.15, -0.1) is 0 Å². The molecule has 0 spiro atoms. The lowest BCUT2D eigenvalue weighted by Gasteiger charge is -2.20. The number of rotatable bonds is 7. The van der Waals surface area contributed by atoms with Crippen LogP contribution in [0.1, 0.15) is 43.7 Å². The van der Waals surface area contributed by atoms with Crippen molar-refractivity contribution in [1.82, 2.24) is 5.32 Å². The second-order valence-corrected chi connectivity index (χ2v) is 5.15. The highest BCUT2D eigenvalue weighted by Gasteiger charge is 2.17. The van der Waals surface area contributed by atoms with E-state index < -0.39 is 0 Å². The lowest BCUT2D eigenvalue weighted by molar-refractivity contribution is 0.101. The summed E-state index contributed by atoms with van der Waals surface area (Å²) in [7, 11) is 3.75. The first-order chi connectivity index (χ1) is 9.35. The van der Waals surface area contributed by atoms with Crippen LogP contribution in [0, 0.1) is 0 Å². The third-order valence-electron chi connectivity index (χ3n) is 3.91. The molecule has 0 aromatic heterocycles. The molecule has 1 aromatic carbocycles. The van der Waals surface area contributed by atoms with Gasteiger partial charge in [-0.2, -0.15) is 0 Å². The van der Waals surface area contributed by atoms with E-state index in [2.05, 4.69) is 17.4 Å². The predicted octanol–water partition coefficient (Wildman–Crippen LogP) is 3.31. The second kappa shape index (κ2) is 7.51. The highest BCUT2D eigenvalue weighted by molar-refractivity contribution is 5.35. The van der Waals surface area contributed by atoms with Crippen LogP contribution in [0.2, 0.25) is 0 Å². The molecule has 1 fully saturated rings. The number of hydrogen-bond acceptors (Lipinski definition) is 3. The van der Waals surface area contributed by atoms with Gasteiger partial charge in [-0.05, 0) is 45.2 Å². The number of para-hydroxylation sites is 1. The Kier molecular flexibility index (Phi) is 5.67. The zero-order chi connectivity index (χ0) is 13.5. The number of hydrogen-bond donors (Lipinski definition) is 1. The Labute approximate surface area is 116 Å². The Morgan fingerprint density at radius 2 is 2.26 bits per heavy atom. The number of ether oxygens (including phenoxy) is 2. The van der Waals surface area contributed by atoms with Crippen molar-refractivity contribution in [2.75, 3.05) is 20.8 Å². The third kappa shape index (κ3) is 3.95. The summed E-state index contributed by atoms with van der Waals surface area (Å²) < 4.78 is 11.1. The van der Waals surface area contributed by atoms with Crippen molar-refractivity contribution in [2.45, 2.75) is 44.2 Å². The average Bonchev–Trinajstić information content (AvgIpc) is 2.97. The minimum Gasteiger partial charge on any atom is -0.496 e. The molecule has 19 heavy (non-hydrogen) atoms. The van der Waals surface area contributed by atoms with Gasteiger partial charge in [-0.3, -0.25) is 0 Å². The molecule has 0 amide bonds. The SMILES string of the molecule is CNC(CCCC1CCCO1)c1ccccc1OC. The van der Waals surface area contributed by atoms with Crippen LogP contribution < -0.4 is 10.1 Å². The minimum absolute atomic E-state index is 0.359. The fourth-order valence-corrected chi connectivity index (χ4v) is 2.83. The van der Waals surface area contributed by atoms with Crippen molar-refractivity contribution in [3.63, 3.8) is 0 Å². The lowest BCUT2D eigenvalue weighted by Crippen LogP contribution is -2.18. The normalized spacial score (nSPS) is 20.4. The van der Waals surface area contributed by atoms with Gasteiger partial charge in [0, 0.05) is 18.2 Å². The summed E-state index contributed by atoms with van der Waals surface area (Å²) in [5.41, 5.74) is 1.25. The Balaban J connectivity index is 1.88. The van der Waals surface area contributed by atoms with Crippen LogP contribution in [-0.4, -0.2) is 26.9 Å². The van der Waals surface area contributed by atoms with E-state index in [1.165, 1.54) is 31.2 Å². The molecule has 0 aliphatic carbocycles. The quantitative estimate of drug-likeness (QED) is 0.818. The molecule has 0 saturated carbocycles. The lowest BCUT2D eigenvalue weighted by atomic mass is 9.98. The van der Waals surface area contributed by atoms with Crippen LogP contribution in [0.3, 0.4) is 0 Å². The summed E-state index contributed by atoms with van der Waals surface area (Å²) in [6.45, 7) is 0.951. The molecule has 106 valence electrons. The molecule has 2 atom stereocenters. The van der Waals surface area contributed by atoms with Gasteiger partial charge in [-0.1, -0.05) is 18.2 Å². The van der Waals surface area contributed by atoms with Crippen molar-refractivity contribution in [2.24, 2.45) is 0 Å². The van der Waals surface area contributed by atoms with Crippen molar-refractivity contribution < 1.29 is 9.47 Å². The van der Waals surface area contributed by atoms with Crippen molar-refractivity contribution in [1.29, 1.82) is 0 Å². The van der Waals surface area contributed by atoms with Crippen LogP contribution in [-0.2, 0) is 4.74 Å². The summed E-state index contributed by atoms with van der Waals surface area (Å²) in [6.07, 6.45) is 6.44. The Bertz CT molecular complexity index is 375. The molecule has 3 nitrogen and oxygen atoms in total. The van der Waals surface area contributed by atoms with Crippen molar-refractivity contribution >= 4 is 0 Å². The highest BCUT2D eigenvalue weighted by atomic mass is 16.5. The van der Waals surface area contributed by atoms with Crippen LogP contribution in [0.25, 0.3) is 0 Å². The summed E-state index contributed by atoms with van der Waals surface area (Å²) in [6, 6.07) is 8.62. The molecule has 0 radical (unpaired) electrons. The van der Waals surface area contributed by atoms with Gasteiger partial charge in [0.15, 0.2) is 0 Å². The number of nitrogens with one attached hydrogen (secondary N) is 1. The third-order valence-corrected chi connectivity index (χ3v) is 3.91. The molecule has 3 heteroatoms. The zero-order valence-corrected chi connectivity index (χ0v) is 12.0. The Morgan fingerprint density at radius 3 is 2.95 bits per heavy atom. The molecule has 1 heterocycles. The van der Waals surface area contributed by atoms with Gasteiger partial charge < -0.3 is 14.8 Å². The Morgan fingerprint density at radius 1 is 1.42 bits per heavy atom. The standard InChI is InChI=1S/C16H25NO2/c1-17-15(10-5-7-13-8-6-12-19-13)14-9-3-4-11-16(14)18-2/h3-4,9,11,13,15,17H,5-8,10,12H2,1-2H3. The molecule has 1 N–H and O–H groups in total. The molecule has 2 unspecified atom stereocenters. The zero-order valence-electron chi connectivity index (χ0n) is 12.0. The molecule has 2 rings (SSSR count). The maximum absolute atomic E-state index is 5.67. The predicted molar refractivity (Wildman–Crippen MR) is 77.6 cm³/mol. The largest absolute Gasteiger partial charge is 0.496 e. The monoisotopic (exact) mass is 263 g/mol. The topological polar surface area (TPSA) is 30.5 Å². The average molecular weight is 263 g/mol. The first-order valence-corrected chi connectivity index (χ1v) is 7.27. The molecule has 1 saturated heterocycles. The number of methoxy groups -OCH3 is 1. The fraction of sp³-hybridized carbons (Fsp3) is 0.625. The van der Waals surface area contributed by atoms with Gasteiger partial charge in [0.25, 0.3) is 0 Å². The van der Waals surface area contributed by atoms with Crippen LogP contribution in [0.4, 0.5) is 0 Å². The second-order valence-electron chi connectivity index (χ2n) is 5.15. The molecular formula is C16H25NO2. The van der Waals surface area contributed by atoms with E-state index >= 15 is 0 Å². The van der Waals surface area contributed by atoms with E-state index in [1.54, 1.807) is 7.11 Å². The maximum Gasteiger partial charge on any atom is 0.123 e. The van der Waals surface area contributed by atoms with Crippen LogP contribution in [0.5, 0.6) is 5.75 Å². The smallest absolute Gasteiger partial charge is 0.123 e. The molecule has 1 aliphatic heterocycles. The molecular weight excluding hydrogens is 238 g/mol. The molecule has 1 aromatic rings. The fourth-order valence-electron chi connectivity index (χ4n) is 2.83. The van der Waals surface area contributed by atoms with Gasteiger partial charge in [-0.25, -0.2) is 0 Å². The minimum atomic E-state index is 0.359. The summed E-state index contributed by atoms with van der Waals surface area (Å²) in [5, 5.41) is 3.40. The van der Waals surface area contributed by atoms with Crippen LogP contribution in [0.15, 0.2) is 24.3 Å². The van der Waals surface area contributed by atoms with Crippen LogP contribution >= 0.6 is 0 Å². The summed E-state index contributed by atoms with van der Waals surface area (Å²) in [5.74, 6) is 0.971. The van der Waals surface area contributed by atoms with Gasteiger partial charge >= 0.3 is 0 Å². The van der Waals surface area contributed by atoms with E-state index in [0.29, 0.717) is 12.1 Å². The first-order valence-electron chi connectivity index (χ1n) is 7.27. The Hall–Kier alpha value is -1.06. The molecule has 1 aliphatic rings. The van der Waals surface area contributed by atoms with E-state index in [-0.39, 0.29) is 0 Å². The van der Waals surface area contributed by atoms with E-state index in [1.807, 2.05) is 19.2 Å². The summed E-state index contributed by atoms with van der Waals surface area (Å²) >= 11 is 0. The first kappa shape index (κ1) is 14.4.